The van der Waals surface area contributed by atoms with Gasteiger partial charge in [-0.2, -0.15) is 0 Å². The molecule has 0 amide bonds. The summed E-state index contributed by atoms with van der Waals surface area (Å²) in [5, 5.41) is 0. The Bertz CT molecular complexity index is 340. The monoisotopic (exact) mass is 172 g/mol. The van der Waals surface area contributed by atoms with Gasteiger partial charge >= 0.3 is 0 Å². The first-order valence-corrected chi connectivity index (χ1v) is 4.61. The highest BCUT2D eigenvalue weighted by Crippen LogP contribution is 2.22. The van der Waals surface area contributed by atoms with Crippen molar-refractivity contribution in [2.24, 2.45) is 0 Å². The van der Waals surface area contributed by atoms with Crippen molar-refractivity contribution in [3.8, 4) is 0 Å². The molecule has 0 unspecified atom stereocenters. The SMILES string of the molecule is O=C1/C=C\C2=CC=CC=C(CC1)C2. The minimum Gasteiger partial charge on any atom is -0.295 e. The van der Waals surface area contributed by atoms with E-state index in [1.165, 1.54) is 11.1 Å². The van der Waals surface area contributed by atoms with Gasteiger partial charge in [-0.15, -0.1) is 0 Å². The maximum atomic E-state index is 11.2. The van der Waals surface area contributed by atoms with Crippen LogP contribution < -0.4 is 0 Å². The molecule has 0 saturated heterocycles. The van der Waals surface area contributed by atoms with Gasteiger partial charge in [-0.25, -0.2) is 0 Å². The number of allylic oxidation sites excluding steroid dienone is 8. The number of hydrogen-bond acceptors (Lipinski definition) is 1. The third kappa shape index (κ3) is 2.05. The summed E-state index contributed by atoms with van der Waals surface area (Å²) in [5.41, 5.74) is 2.59. The molecule has 0 aromatic heterocycles. The topological polar surface area (TPSA) is 17.1 Å². The van der Waals surface area contributed by atoms with Crippen LogP contribution in [0.5, 0.6) is 0 Å². The Labute approximate surface area is 78.1 Å². The number of carbonyl (C=O) groups excluding carboxylic acids is 1. The van der Waals surface area contributed by atoms with Gasteiger partial charge in [0.05, 0.1) is 0 Å². The van der Waals surface area contributed by atoms with Crippen molar-refractivity contribution in [1.29, 1.82) is 0 Å². The summed E-state index contributed by atoms with van der Waals surface area (Å²) in [6.45, 7) is 0. The Kier molecular flexibility index (Phi) is 2.26. The summed E-state index contributed by atoms with van der Waals surface area (Å²) in [7, 11) is 0. The lowest BCUT2D eigenvalue weighted by Crippen LogP contribution is -1.98. The predicted molar refractivity (Wildman–Crippen MR) is 53.3 cm³/mol. The third-order valence-corrected chi connectivity index (χ3v) is 2.36. The van der Waals surface area contributed by atoms with Gasteiger partial charge in [-0.3, -0.25) is 4.79 Å². The minimum absolute atomic E-state index is 0.235. The first-order valence-electron chi connectivity index (χ1n) is 4.61. The van der Waals surface area contributed by atoms with Gasteiger partial charge in [0.15, 0.2) is 5.78 Å². The molecule has 0 N–H and O–H groups in total. The first kappa shape index (κ1) is 8.24. The van der Waals surface area contributed by atoms with E-state index in [4.69, 9.17) is 0 Å². The molecule has 0 atom stereocenters. The number of ketones is 1. The molecule has 0 spiro atoms. The van der Waals surface area contributed by atoms with E-state index < -0.39 is 0 Å². The fourth-order valence-electron chi connectivity index (χ4n) is 1.60. The van der Waals surface area contributed by atoms with Crippen LogP contribution in [0, 0.1) is 0 Å². The van der Waals surface area contributed by atoms with Crippen molar-refractivity contribution < 1.29 is 4.79 Å². The van der Waals surface area contributed by atoms with E-state index in [1.807, 2.05) is 18.2 Å². The van der Waals surface area contributed by atoms with Crippen molar-refractivity contribution >= 4 is 5.78 Å². The average molecular weight is 172 g/mol. The van der Waals surface area contributed by atoms with Crippen LogP contribution in [0.25, 0.3) is 0 Å². The largest absolute Gasteiger partial charge is 0.295 e. The number of carbonyl (C=O) groups is 1. The molecule has 0 heterocycles. The molecule has 2 aliphatic rings. The lowest BCUT2D eigenvalue weighted by Gasteiger charge is -2.08. The van der Waals surface area contributed by atoms with E-state index in [9.17, 15) is 4.79 Å². The van der Waals surface area contributed by atoms with Gasteiger partial charge in [0, 0.05) is 6.42 Å². The van der Waals surface area contributed by atoms with Crippen LogP contribution in [0.3, 0.4) is 0 Å². The maximum Gasteiger partial charge on any atom is 0.156 e. The van der Waals surface area contributed by atoms with Crippen molar-refractivity contribution in [2.45, 2.75) is 19.3 Å². The molecule has 0 aromatic carbocycles. The zero-order valence-electron chi connectivity index (χ0n) is 7.49. The fourth-order valence-corrected chi connectivity index (χ4v) is 1.60. The molecule has 2 bridgehead atoms. The Hall–Kier alpha value is -1.37. The molecule has 1 nitrogen and oxygen atoms in total. The number of hydrogen-bond donors (Lipinski definition) is 0. The van der Waals surface area contributed by atoms with Gasteiger partial charge < -0.3 is 0 Å². The molecular formula is C12H12O. The molecule has 0 aliphatic heterocycles. The van der Waals surface area contributed by atoms with Crippen molar-refractivity contribution in [2.75, 3.05) is 0 Å². The summed E-state index contributed by atoms with van der Waals surface area (Å²) < 4.78 is 0. The van der Waals surface area contributed by atoms with Crippen LogP contribution >= 0.6 is 0 Å². The molecule has 0 radical (unpaired) electrons. The van der Waals surface area contributed by atoms with E-state index in [1.54, 1.807) is 6.08 Å². The number of fused-ring (bicyclic) bond motifs is 2. The highest BCUT2D eigenvalue weighted by Gasteiger charge is 2.08. The predicted octanol–water partition coefficient (Wildman–Crippen LogP) is 2.72. The lowest BCUT2D eigenvalue weighted by molar-refractivity contribution is -0.114. The summed E-state index contributed by atoms with van der Waals surface area (Å²) in [5.74, 6) is 0.235. The normalized spacial score (nSPS) is 23.8. The van der Waals surface area contributed by atoms with Crippen molar-refractivity contribution in [1.82, 2.24) is 0 Å². The summed E-state index contributed by atoms with van der Waals surface area (Å²) >= 11 is 0. The molecule has 1 heteroatoms. The Morgan fingerprint density at radius 1 is 1.00 bits per heavy atom. The molecule has 0 fully saturated rings. The van der Waals surface area contributed by atoms with Crippen molar-refractivity contribution in [3.05, 3.63) is 47.6 Å². The fraction of sp³-hybridized carbons (Fsp3) is 0.250. The summed E-state index contributed by atoms with van der Waals surface area (Å²) in [4.78, 5) is 11.2. The van der Waals surface area contributed by atoms with Gasteiger partial charge in [-0.05, 0) is 24.5 Å². The van der Waals surface area contributed by atoms with Gasteiger partial charge in [0.1, 0.15) is 0 Å². The minimum atomic E-state index is 0.235. The lowest BCUT2D eigenvalue weighted by atomic mass is 9.97. The Morgan fingerprint density at radius 3 is 2.77 bits per heavy atom. The third-order valence-electron chi connectivity index (χ3n) is 2.36. The molecular weight excluding hydrogens is 160 g/mol. The van der Waals surface area contributed by atoms with E-state index >= 15 is 0 Å². The molecule has 13 heavy (non-hydrogen) atoms. The van der Waals surface area contributed by atoms with Crippen molar-refractivity contribution in [3.63, 3.8) is 0 Å². The maximum absolute atomic E-state index is 11.2. The second-order valence-corrected chi connectivity index (χ2v) is 3.43. The van der Waals surface area contributed by atoms with E-state index in [0.29, 0.717) is 6.42 Å². The molecule has 2 aliphatic carbocycles. The van der Waals surface area contributed by atoms with Crippen LogP contribution in [0.2, 0.25) is 0 Å². The molecule has 2 rings (SSSR count). The first-order chi connectivity index (χ1) is 6.34. The Balaban J connectivity index is 2.34. The molecule has 66 valence electrons. The molecule has 0 aromatic rings. The van der Waals surface area contributed by atoms with Gasteiger partial charge in [0.2, 0.25) is 0 Å². The van der Waals surface area contributed by atoms with Crippen LogP contribution in [-0.2, 0) is 4.79 Å². The molecule has 0 saturated carbocycles. The standard InChI is InChI=1S/C12H12O/c13-12-7-5-10-3-1-2-4-11(9-10)6-8-12/h1-5,7H,6,8-9H2/b7-5-. The highest BCUT2D eigenvalue weighted by molar-refractivity contribution is 5.90. The average Bonchev–Trinajstić information content (AvgIpc) is 2.35. The number of rotatable bonds is 0. The van der Waals surface area contributed by atoms with Crippen LogP contribution in [0.15, 0.2) is 47.6 Å². The summed E-state index contributed by atoms with van der Waals surface area (Å²) in [6, 6.07) is 0. The zero-order chi connectivity index (χ0) is 9.10. The Morgan fingerprint density at radius 2 is 1.85 bits per heavy atom. The van der Waals surface area contributed by atoms with Crippen LogP contribution in [0.4, 0.5) is 0 Å². The van der Waals surface area contributed by atoms with Gasteiger partial charge in [-0.1, -0.05) is 36.0 Å². The second-order valence-electron chi connectivity index (χ2n) is 3.43. The second kappa shape index (κ2) is 3.56. The van der Waals surface area contributed by atoms with E-state index in [-0.39, 0.29) is 5.78 Å². The zero-order valence-corrected chi connectivity index (χ0v) is 7.49. The quantitative estimate of drug-likeness (QED) is 0.549. The smallest absolute Gasteiger partial charge is 0.156 e. The summed E-state index contributed by atoms with van der Waals surface area (Å²) in [6.07, 6.45) is 14.5. The highest BCUT2D eigenvalue weighted by atomic mass is 16.1. The van der Waals surface area contributed by atoms with E-state index in [2.05, 4.69) is 12.2 Å². The van der Waals surface area contributed by atoms with Crippen LogP contribution in [0.1, 0.15) is 19.3 Å². The van der Waals surface area contributed by atoms with Gasteiger partial charge in [0.25, 0.3) is 0 Å². The van der Waals surface area contributed by atoms with E-state index in [0.717, 1.165) is 12.8 Å². The van der Waals surface area contributed by atoms with Crippen LogP contribution in [-0.4, -0.2) is 5.78 Å².